The van der Waals surface area contributed by atoms with Gasteiger partial charge >= 0.3 is 0 Å². The molecule has 7 nitrogen and oxygen atoms in total. The molecular formula is C17H18F3N7. The van der Waals surface area contributed by atoms with E-state index in [0.29, 0.717) is 44.5 Å². The lowest BCUT2D eigenvalue weighted by Gasteiger charge is -2.35. The average molecular weight is 377 g/mol. The first-order chi connectivity index (χ1) is 13.0. The van der Waals surface area contributed by atoms with Gasteiger partial charge in [0.05, 0.1) is 5.69 Å². The van der Waals surface area contributed by atoms with Gasteiger partial charge in [0, 0.05) is 50.2 Å². The number of benzene rings is 1. The fourth-order valence-electron chi connectivity index (χ4n) is 3.08. The molecule has 2 aromatic heterocycles. The van der Waals surface area contributed by atoms with Crippen molar-refractivity contribution in [2.24, 2.45) is 0 Å². The second kappa shape index (κ2) is 6.93. The summed E-state index contributed by atoms with van der Waals surface area (Å²) in [6.07, 6.45) is 3.51. The maximum absolute atomic E-state index is 13.4. The van der Waals surface area contributed by atoms with Crippen LogP contribution in [0, 0.1) is 24.4 Å². The smallest absolute Gasteiger partial charge is 0.244 e. The average Bonchev–Trinajstić information content (AvgIpc) is 3.29. The van der Waals surface area contributed by atoms with Crippen molar-refractivity contribution < 1.29 is 13.2 Å². The summed E-state index contributed by atoms with van der Waals surface area (Å²) in [5, 5.41) is 8.77. The van der Waals surface area contributed by atoms with Crippen LogP contribution in [0.2, 0.25) is 0 Å². The monoisotopic (exact) mass is 377 g/mol. The van der Waals surface area contributed by atoms with Crippen LogP contribution in [0.5, 0.6) is 0 Å². The lowest BCUT2D eigenvalue weighted by molar-refractivity contribution is 0.446. The van der Waals surface area contributed by atoms with Crippen molar-refractivity contribution in [2.75, 3.05) is 36.0 Å². The number of piperazine rings is 1. The second-order valence-corrected chi connectivity index (χ2v) is 6.42. The Balaban J connectivity index is 1.39. The van der Waals surface area contributed by atoms with Crippen LogP contribution in [0.15, 0.2) is 30.7 Å². The van der Waals surface area contributed by atoms with Gasteiger partial charge in [0.15, 0.2) is 17.5 Å². The van der Waals surface area contributed by atoms with Gasteiger partial charge in [0.2, 0.25) is 5.95 Å². The minimum Gasteiger partial charge on any atom is -0.368 e. The molecule has 1 aliphatic rings. The molecule has 0 radical (unpaired) electrons. The maximum Gasteiger partial charge on any atom is 0.244 e. The lowest BCUT2D eigenvalue weighted by Crippen LogP contribution is -2.47. The molecule has 1 aromatic carbocycles. The zero-order chi connectivity index (χ0) is 19.0. The van der Waals surface area contributed by atoms with Crippen LogP contribution in [0.4, 0.5) is 24.8 Å². The summed E-state index contributed by atoms with van der Waals surface area (Å²) >= 11 is 0. The fourth-order valence-corrected chi connectivity index (χ4v) is 3.08. The van der Waals surface area contributed by atoms with Gasteiger partial charge in [-0.3, -0.25) is 4.68 Å². The third-order valence-electron chi connectivity index (χ3n) is 4.48. The van der Waals surface area contributed by atoms with Crippen molar-refractivity contribution in [3.8, 4) is 0 Å². The van der Waals surface area contributed by atoms with Crippen molar-refractivity contribution in [2.45, 2.75) is 13.6 Å². The summed E-state index contributed by atoms with van der Waals surface area (Å²) in [6.45, 7) is 4.61. The molecule has 10 heteroatoms. The Kier molecular flexibility index (Phi) is 4.46. The van der Waals surface area contributed by atoms with Crippen molar-refractivity contribution in [3.05, 3.63) is 53.9 Å². The van der Waals surface area contributed by atoms with E-state index in [1.54, 1.807) is 15.7 Å². The van der Waals surface area contributed by atoms with Crippen LogP contribution in [0.3, 0.4) is 0 Å². The molecule has 0 N–H and O–H groups in total. The molecule has 142 valence electrons. The van der Waals surface area contributed by atoms with E-state index >= 15 is 0 Å². The second-order valence-electron chi connectivity index (χ2n) is 6.42. The zero-order valence-corrected chi connectivity index (χ0v) is 14.7. The molecule has 3 aromatic rings. The first-order valence-electron chi connectivity index (χ1n) is 8.53. The molecule has 3 heterocycles. The van der Waals surface area contributed by atoms with E-state index < -0.39 is 17.5 Å². The first-order valence-corrected chi connectivity index (χ1v) is 8.53. The number of aryl methyl sites for hydroxylation is 1. The third kappa shape index (κ3) is 3.60. The van der Waals surface area contributed by atoms with Gasteiger partial charge in [0.25, 0.3) is 0 Å². The molecular weight excluding hydrogens is 359 g/mol. The topological polar surface area (TPSA) is 55.0 Å². The Labute approximate surface area is 153 Å². The van der Waals surface area contributed by atoms with E-state index in [0.717, 1.165) is 17.8 Å². The van der Waals surface area contributed by atoms with Crippen LogP contribution in [-0.4, -0.2) is 50.7 Å². The highest BCUT2D eigenvalue weighted by molar-refractivity contribution is 5.49. The van der Waals surface area contributed by atoms with E-state index in [4.69, 9.17) is 0 Å². The van der Waals surface area contributed by atoms with Crippen molar-refractivity contribution >= 4 is 11.6 Å². The minimum atomic E-state index is -1.44. The summed E-state index contributed by atoms with van der Waals surface area (Å²) < 4.78 is 43.5. The summed E-state index contributed by atoms with van der Waals surface area (Å²) in [6, 6.07) is 3.96. The Bertz CT molecular complexity index is 921. The Hall–Kier alpha value is -3.04. The molecule has 0 amide bonds. The molecule has 1 fully saturated rings. The van der Waals surface area contributed by atoms with Crippen molar-refractivity contribution in [1.29, 1.82) is 0 Å². The molecule has 0 aliphatic carbocycles. The molecule has 0 atom stereocenters. The lowest BCUT2D eigenvalue weighted by atomic mass is 10.2. The standard InChI is InChI=1S/C17H18F3N7/c1-12-2-3-26(22-12)11-27-10-21-17(23-27)25-6-4-24(5-7-25)13-8-14(18)16(20)15(19)9-13/h2-3,8-10H,4-7,11H2,1H3. The molecule has 0 saturated carbocycles. The van der Waals surface area contributed by atoms with E-state index in [2.05, 4.69) is 15.2 Å². The fraction of sp³-hybridized carbons (Fsp3) is 0.353. The van der Waals surface area contributed by atoms with Crippen LogP contribution in [0.1, 0.15) is 5.69 Å². The van der Waals surface area contributed by atoms with E-state index in [1.807, 2.05) is 29.0 Å². The van der Waals surface area contributed by atoms with Gasteiger partial charge in [-0.2, -0.15) is 5.10 Å². The number of anilines is 2. The van der Waals surface area contributed by atoms with Crippen molar-refractivity contribution in [1.82, 2.24) is 24.5 Å². The molecule has 1 aliphatic heterocycles. The normalized spacial score (nSPS) is 14.8. The molecule has 27 heavy (non-hydrogen) atoms. The SMILES string of the molecule is Cc1ccn(Cn2cnc(N3CCN(c4cc(F)c(F)c(F)c4)CC3)n2)n1. The van der Waals surface area contributed by atoms with Crippen LogP contribution in [-0.2, 0) is 6.67 Å². The molecule has 0 spiro atoms. The molecule has 0 unspecified atom stereocenters. The van der Waals surface area contributed by atoms with Gasteiger partial charge in [-0.15, -0.1) is 5.10 Å². The van der Waals surface area contributed by atoms with E-state index in [9.17, 15) is 13.2 Å². The Morgan fingerprint density at radius 1 is 0.926 bits per heavy atom. The predicted octanol–water partition coefficient (Wildman–Crippen LogP) is 2.03. The molecule has 1 saturated heterocycles. The summed E-state index contributed by atoms with van der Waals surface area (Å²) in [4.78, 5) is 8.14. The van der Waals surface area contributed by atoms with Gasteiger partial charge < -0.3 is 9.80 Å². The highest BCUT2D eigenvalue weighted by atomic mass is 19.2. The van der Waals surface area contributed by atoms with Gasteiger partial charge in [-0.25, -0.2) is 22.8 Å². The van der Waals surface area contributed by atoms with E-state index in [1.165, 1.54) is 0 Å². The van der Waals surface area contributed by atoms with Crippen LogP contribution in [0.25, 0.3) is 0 Å². The van der Waals surface area contributed by atoms with Crippen LogP contribution < -0.4 is 9.80 Å². The van der Waals surface area contributed by atoms with Crippen molar-refractivity contribution in [3.63, 3.8) is 0 Å². The molecule has 4 rings (SSSR count). The first kappa shape index (κ1) is 17.4. The summed E-state index contributed by atoms with van der Waals surface area (Å²) in [5.41, 5.74) is 1.26. The Morgan fingerprint density at radius 2 is 1.59 bits per heavy atom. The number of hydrogen-bond acceptors (Lipinski definition) is 5. The number of halogens is 3. The Morgan fingerprint density at radius 3 is 2.22 bits per heavy atom. The summed E-state index contributed by atoms with van der Waals surface area (Å²) in [5.74, 6) is -3.21. The minimum absolute atomic E-state index is 0.332. The maximum atomic E-state index is 13.4. The predicted molar refractivity (Wildman–Crippen MR) is 93.1 cm³/mol. The van der Waals surface area contributed by atoms with Gasteiger partial charge in [-0.05, 0) is 13.0 Å². The zero-order valence-electron chi connectivity index (χ0n) is 14.7. The van der Waals surface area contributed by atoms with E-state index in [-0.39, 0.29) is 0 Å². The van der Waals surface area contributed by atoms with Gasteiger partial charge in [-0.1, -0.05) is 0 Å². The highest BCUT2D eigenvalue weighted by Gasteiger charge is 2.22. The largest absolute Gasteiger partial charge is 0.368 e. The number of aromatic nitrogens is 5. The highest BCUT2D eigenvalue weighted by Crippen LogP contribution is 2.23. The quantitative estimate of drug-likeness (QED) is 0.652. The number of hydrogen-bond donors (Lipinski definition) is 0. The number of rotatable bonds is 4. The third-order valence-corrected chi connectivity index (χ3v) is 4.48. The molecule has 0 bridgehead atoms. The van der Waals surface area contributed by atoms with Gasteiger partial charge in [0.1, 0.15) is 13.0 Å². The number of nitrogens with zero attached hydrogens (tertiary/aromatic N) is 7. The van der Waals surface area contributed by atoms with Crippen LogP contribution >= 0.6 is 0 Å². The summed E-state index contributed by atoms with van der Waals surface area (Å²) in [7, 11) is 0.